The van der Waals surface area contributed by atoms with E-state index >= 15 is 0 Å². The number of nitrogens with zero attached hydrogens (tertiary/aromatic N) is 1. The van der Waals surface area contributed by atoms with Gasteiger partial charge < -0.3 is 15.7 Å². The largest absolute Gasteiger partial charge is 0.416 e. The maximum Gasteiger partial charge on any atom is 0.416 e. The van der Waals surface area contributed by atoms with E-state index in [-0.39, 0.29) is 17.7 Å². The Morgan fingerprint density at radius 1 is 1.08 bits per heavy atom. The van der Waals surface area contributed by atoms with E-state index in [9.17, 15) is 36.3 Å². The lowest BCUT2D eigenvalue weighted by atomic mass is 9.91. The lowest BCUT2D eigenvalue weighted by Crippen LogP contribution is -2.46. The molecule has 0 aliphatic heterocycles. The molecule has 0 heterocycles. The zero-order valence-corrected chi connectivity index (χ0v) is 21.1. The summed E-state index contributed by atoms with van der Waals surface area (Å²) in [5, 5.41) is 9.87. The molecule has 7 nitrogen and oxygen atoms in total. The van der Waals surface area contributed by atoms with Crippen molar-refractivity contribution in [2.45, 2.75) is 60.2 Å². The maximum absolute atomic E-state index is 13.7. The van der Waals surface area contributed by atoms with E-state index in [0.29, 0.717) is 12.8 Å². The first-order valence-corrected chi connectivity index (χ1v) is 14.0. The second-order valence-electron chi connectivity index (χ2n) is 8.62. The van der Waals surface area contributed by atoms with Crippen LogP contribution in [0.25, 0.3) is 0 Å². The van der Waals surface area contributed by atoms with E-state index in [2.05, 4.69) is 0 Å². The van der Waals surface area contributed by atoms with Crippen molar-refractivity contribution in [3.63, 3.8) is 0 Å². The molecule has 0 spiro atoms. The van der Waals surface area contributed by atoms with Gasteiger partial charge in [0.1, 0.15) is 5.88 Å². The van der Waals surface area contributed by atoms with Crippen LogP contribution in [0.2, 0.25) is 0 Å². The third-order valence-corrected chi connectivity index (χ3v) is 8.58. The highest BCUT2D eigenvalue weighted by molar-refractivity contribution is 7.98. The lowest BCUT2D eigenvalue weighted by molar-refractivity contribution is -0.139. The highest BCUT2D eigenvalue weighted by Gasteiger charge is 2.37. The number of thioether (sulfide) groups is 1. The monoisotopic (exact) mass is 544 g/mol. The number of rotatable bonds is 8. The summed E-state index contributed by atoms with van der Waals surface area (Å²) in [4.78, 5) is 27.2. The van der Waals surface area contributed by atoms with Gasteiger partial charge in [0.15, 0.2) is 9.84 Å². The number of hydrogen-bond donors (Lipinski definition) is 2. The normalized spacial score (nSPS) is 18.6. The summed E-state index contributed by atoms with van der Waals surface area (Å²) in [5.74, 6) is -2.75. The van der Waals surface area contributed by atoms with E-state index in [4.69, 9.17) is 5.73 Å². The second kappa shape index (κ2) is 11.2. The summed E-state index contributed by atoms with van der Waals surface area (Å²) in [6.45, 7) is 0. The van der Waals surface area contributed by atoms with Crippen molar-refractivity contribution >= 4 is 33.4 Å². The summed E-state index contributed by atoms with van der Waals surface area (Å²) in [6, 6.07) is 8.36. The summed E-state index contributed by atoms with van der Waals surface area (Å²) < 4.78 is 67.5. The summed E-state index contributed by atoms with van der Waals surface area (Å²) >= 11 is 1.43. The zero-order chi connectivity index (χ0) is 26.7. The molecule has 1 saturated carbocycles. The number of hydrogen-bond acceptors (Lipinski definition) is 6. The summed E-state index contributed by atoms with van der Waals surface area (Å²) in [5.41, 5.74) is 3.06. The molecule has 2 aromatic carbocycles. The van der Waals surface area contributed by atoms with Gasteiger partial charge in [-0.15, -0.1) is 11.8 Å². The summed E-state index contributed by atoms with van der Waals surface area (Å²) in [6.07, 6.45) is -3.25. The van der Waals surface area contributed by atoms with Gasteiger partial charge in [-0.3, -0.25) is 9.59 Å². The number of sulfone groups is 1. The van der Waals surface area contributed by atoms with Gasteiger partial charge in [-0.25, -0.2) is 8.42 Å². The van der Waals surface area contributed by atoms with Crippen LogP contribution in [0.3, 0.4) is 0 Å². The Labute approximate surface area is 211 Å². The van der Waals surface area contributed by atoms with Crippen molar-refractivity contribution in [3.05, 3.63) is 59.2 Å². The molecule has 196 valence electrons. The fourth-order valence-electron chi connectivity index (χ4n) is 4.32. The molecule has 3 rings (SSSR count). The van der Waals surface area contributed by atoms with Gasteiger partial charge in [0.25, 0.3) is 0 Å². The minimum Gasteiger partial charge on any atom is -0.393 e. The number of alkyl halides is 3. The number of nitrogens with two attached hydrogens (primary N) is 1. The topological polar surface area (TPSA) is 118 Å². The molecule has 0 radical (unpaired) electrons. The van der Waals surface area contributed by atoms with E-state index in [1.165, 1.54) is 23.9 Å². The molecule has 1 aliphatic rings. The average molecular weight is 545 g/mol. The Bertz CT molecular complexity index is 1210. The van der Waals surface area contributed by atoms with Crippen molar-refractivity contribution in [1.82, 2.24) is 4.90 Å². The molecule has 36 heavy (non-hydrogen) atoms. The molecule has 3 N–H and O–H groups in total. The predicted molar refractivity (Wildman–Crippen MR) is 129 cm³/mol. The highest BCUT2D eigenvalue weighted by Crippen LogP contribution is 2.34. The number of aliphatic hydroxyl groups is 1. The van der Waals surface area contributed by atoms with Crippen LogP contribution >= 0.6 is 11.8 Å². The van der Waals surface area contributed by atoms with Gasteiger partial charge in [-0.05, 0) is 73.9 Å². The van der Waals surface area contributed by atoms with E-state index in [1.54, 1.807) is 12.1 Å². The van der Waals surface area contributed by atoms with Crippen molar-refractivity contribution < 1.29 is 36.3 Å². The van der Waals surface area contributed by atoms with Crippen molar-refractivity contribution in [1.29, 1.82) is 0 Å². The van der Waals surface area contributed by atoms with Gasteiger partial charge in [0.05, 0.1) is 23.0 Å². The number of amides is 2. The van der Waals surface area contributed by atoms with Crippen LogP contribution in [0, 0.1) is 0 Å². The Morgan fingerprint density at radius 2 is 1.69 bits per heavy atom. The molecule has 0 atom stereocenters. The number of benzene rings is 2. The molecule has 0 unspecified atom stereocenters. The van der Waals surface area contributed by atoms with E-state index in [0.717, 1.165) is 28.0 Å². The predicted octanol–water partition coefficient (Wildman–Crippen LogP) is 3.63. The van der Waals surface area contributed by atoms with Gasteiger partial charge in [0, 0.05) is 16.5 Å². The van der Waals surface area contributed by atoms with Crippen LogP contribution in [0.1, 0.15) is 47.2 Å². The number of aliphatic hydroxyl groups excluding tert-OH is 1. The molecule has 2 amide bonds. The average Bonchev–Trinajstić information content (AvgIpc) is 2.82. The first-order valence-electron chi connectivity index (χ1n) is 11.2. The molecule has 0 bridgehead atoms. The third kappa shape index (κ3) is 6.60. The Morgan fingerprint density at radius 3 is 2.22 bits per heavy atom. The number of carbonyl (C=O) groups excluding carboxylic acids is 2. The van der Waals surface area contributed by atoms with Crippen LogP contribution in [-0.2, 0) is 27.2 Å². The molecule has 1 aliphatic carbocycles. The molecule has 2 aromatic rings. The standard InChI is InChI=1S/C24H27F3N2O5S2/c1-35-17-9-11-18(12-10-17)36(33,34)14-29(15-5-7-16(30)8-6-15)22(31)13-20-19(23(28)32)3-2-4-21(20)24(25,26)27/h2-4,9-12,15-16,30H,5-8,13-14H2,1H3,(H2,28,32). The molecule has 1 fully saturated rings. The first kappa shape index (κ1) is 28.0. The van der Waals surface area contributed by atoms with Crippen LogP contribution < -0.4 is 5.73 Å². The molecule has 0 saturated heterocycles. The minimum absolute atomic E-state index is 0.0255. The maximum atomic E-state index is 13.7. The smallest absolute Gasteiger partial charge is 0.393 e. The lowest BCUT2D eigenvalue weighted by Gasteiger charge is -2.36. The quantitative estimate of drug-likeness (QED) is 0.490. The molecule has 0 aromatic heterocycles. The van der Waals surface area contributed by atoms with Crippen LogP contribution in [0.15, 0.2) is 52.3 Å². The molecular weight excluding hydrogens is 517 g/mol. The Kier molecular flexibility index (Phi) is 8.73. The van der Waals surface area contributed by atoms with Gasteiger partial charge in [-0.2, -0.15) is 13.2 Å². The summed E-state index contributed by atoms with van der Waals surface area (Å²) in [7, 11) is -4.03. The van der Waals surface area contributed by atoms with Crippen LogP contribution in [0.5, 0.6) is 0 Å². The molecular formula is C24H27F3N2O5S2. The van der Waals surface area contributed by atoms with E-state index in [1.807, 2.05) is 6.26 Å². The van der Waals surface area contributed by atoms with Gasteiger partial charge in [0.2, 0.25) is 11.8 Å². The van der Waals surface area contributed by atoms with E-state index < -0.39 is 69.0 Å². The zero-order valence-electron chi connectivity index (χ0n) is 19.5. The SMILES string of the molecule is CSc1ccc(S(=O)(=O)CN(C(=O)Cc2c(C(N)=O)cccc2C(F)(F)F)C2CCC(O)CC2)cc1. The van der Waals surface area contributed by atoms with Crippen molar-refractivity contribution in [2.75, 3.05) is 12.1 Å². The van der Waals surface area contributed by atoms with Crippen LogP contribution in [0.4, 0.5) is 13.2 Å². The second-order valence-corrected chi connectivity index (χ2v) is 11.5. The minimum atomic E-state index is -4.86. The first-order chi connectivity index (χ1) is 16.8. The number of halogens is 3. The highest BCUT2D eigenvalue weighted by atomic mass is 32.2. The third-order valence-electron chi connectivity index (χ3n) is 6.23. The fourth-order valence-corrected chi connectivity index (χ4v) is 6.15. The van der Waals surface area contributed by atoms with Gasteiger partial charge in [-0.1, -0.05) is 6.07 Å². The number of carbonyl (C=O) groups is 2. The van der Waals surface area contributed by atoms with Crippen molar-refractivity contribution in [2.24, 2.45) is 5.73 Å². The van der Waals surface area contributed by atoms with Crippen molar-refractivity contribution in [3.8, 4) is 0 Å². The fraction of sp³-hybridized carbons (Fsp3) is 0.417. The number of primary amides is 1. The molecule has 12 heteroatoms. The Balaban J connectivity index is 1.99. The van der Waals surface area contributed by atoms with Gasteiger partial charge >= 0.3 is 6.18 Å². The Hall–Kier alpha value is -2.57. The van der Waals surface area contributed by atoms with Crippen LogP contribution in [-0.4, -0.2) is 54.5 Å².